The van der Waals surface area contributed by atoms with Crippen LogP contribution in [-0.2, 0) is 22.3 Å². The number of ether oxygens (including phenoxy) is 1. The minimum atomic E-state index is -4.59. The number of aryl methyl sites for hydroxylation is 1. The van der Waals surface area contributed by atoms with Crippen LogP contribution in [0.2, 0.25) is 0 Å². The number of likely N-dealkylation sites (N-methyl/N-ethyl adjacent to an activating group) is 1. The zero-order chi connectivity index (χ0) is 24.9. The van der Waals surface area contributed by atoms with E-state index in [1.165, 1.54) is 18.2 Å². The molecule has 0 aliphatic carbocycles. The van der Waals surface area contributed by atoms with Gasteiger partial charge in [0.1, 0.15) is 0 Å². The van der Waals surface area contributed by atoms with E-state index in [0.29, 0.717) is 23.3 Å². The Morgan fingerprint density at radius 1 is 1.06 bits per heavy atom. The molecule has 6 nitrogen and oxygen atoms in total. The molecule has 0 radical (unpaired) electrons. The van der Waals surface area contributed by atoms with Crippen molar-refractivity contribution in [2.75, 3.05) is 25.0 Å². The van der Waals surface area contributed by atoms with Crippen LogP contribution in [0.3, 0.4) is 0 Å². The van der Waals surface area contributed by atoms with Gasteiger partial charge in [-0.1, -0.05) is 37.3 Å². The van der Waals surface area contributed by atoms with Gasteiger partial charge in [-0.05, 0) is 44.2 Å². The second-order valence-electron chi connectivity index (χ2n) is 7.69. The summed E-state index contributed by atoms with van der Waals surface area (Å²) < 4.78 is 45.0. The SMILES string of the molecule is CCOC(=O)c1c(CN(CC)CC(=O)Nc2ccccc2C(F)(F)F)nc2ccccc2c1C. The zero-order valence-corrected chi connectivity index (χ0v) is 19.2. The molecule has 3 aromatic rings. The van der Waals surface area contributed by atoms with Crippen LogP contribution in [0.1, 0.15) is 41.0 Å². The van der Waals surface area contributed by atoms with Gasteiger partial charge in [0.05, 0.1) is 41.2 Å². The fraction of sp³-hybridized carbons (Fsp3) is 0.320. The quantitative estimate of drug-likeness (QED) is 0.456. The summed E-state index contributed by atoms with van der Waals surface area (Å²) in [5, 5.41) is 3.17. The Labute approximate surface area is 195 Å². The highest BCUT2D eigenvalue weighted by Crippen LogP contribution is 2.34. The normalized spacial score (nSPS) is 11.6. The summed E-state index contributed by atoms with van der Waals surface area (Å²) >= 11 is 0. The summed E-state index contributed by atoms with van der Waals surface area (Å²) in [5.41, 5.74) is 0.980. The van der Waals surface area contributed by atoms with E-state index >= 15 is 0 Å². The predicted octanol–water partition coefficient (Wildman–Crippen LogP) is 5.20. The largest absolute Gasteiger partial charge is 0.462 e. The molecule has 2 aromatic carbocycles. The molecule has 3 rings (SSSR count). The summed E-state index contributed by atoms with van der Waals surface area (Å²) in [7, 11) is 0. The summed E-state index contributed by atoms with van der Waals surface area (Å²) in [5.74, 6) is -1.11. The van der Waals surface area contributed by atoms with Gasteiger partial charge in [0, 0.05) is 11.9 Å². The standard InChI is InChI=1S/C25H26F3N3O3/c1-4-31(15-22(32)30-20-13-9-7-11-18(20)25(26,27)28)14-21-23(24(33)34-5-2)16(3)17-10-6-8-12-19(17)29-21/h6-13H,4-5,14-15H2,1-3H3,(H,30,32). The number of nitrogens with zero attached hydrogens (tertiary/aromatic N) is 2. The highest BCUT2D eigenvalue weighted by atomic mass is 19.4. The van der Waals surface area contributed by atoms with Crippen LogP contribution in [0.15, 0.2) is 48.5 Å². The average molecular weight is 473 g/mol. The summed E-state index contributed by atoms with van der Waals surface area (Å²) in [6.07, 6.45) is -4.59. The highest BCUT2D eigenvalue weighted by Gasteiger charge is 2.33. The maximum atomic E-state index is 13.2. The van der Waals surface area contributed by atoms with Gasteiger partial charge in [-0.15, -0.1) is 0 Å². The second-order valence-corrected chi connectivity index (χ2v) is 7.69. The number of para-hydroxylation sites is 2. The monoisotopic (exact) mass is 473 g/mol. The summed E-state index contributed by atoms with van der Waals surface area (Å²) in [6, 6.07) is 12.2. The Bertz CT molecular complexity index is 1190. The molecule has 0 bridgehead atoms. The fourth-order valence-electron chi connectivity index (χ4n) is 3.75. The fourth-order valence-corrected chi connectivity index (χ4v) is 3.75. The first kappa shape index (κ1) is 25.2. The highest BCUT2D eigenvalue weighted by molar-refractivity contribution is 5.98. The van der Waals surface area contributed by atoms with Crippen molar-refractivity contribution in [2.45, 2.75) is 33.5 Å². The van der Waals surface area contributed by atoms with Crippen LogP contribution in [0.4, 0.5) is 18.9 Å². The predicted molar refractivity (Wildman–Crippen MR) is 123 cm³/mol. The molecule has 0 atom stereocenters. The minimum Gasteiger partial charge on any atom is -0.462 e. The number of rotatable bonds is 8. The van der Waals surface area contributed by atoms with Crippen molar-refractivity contribution >= 4 is 28.5 Å². The lowest BCUT2D eigenvalue weighted by molar-refractivity contribution is -0.137. The van der Waals surface area contributed by atoms with E-state index in [1.807, 2.05) is 38.1 Å². The Hall–Kier alpha value is -3.46. The molecule has 0 unspecified atom stereocenters. The molecule has 0 saturated heterocycles. The maximum absolute atomic E-state index is 13.2. The first-order valence-corrected chi connectivity index (χ1v) is 10.9. The van der Waals surface area contributed by atoms with Gasteiger partial charge < -0.3 is 10.1 Å². The molecular weight excluding hydrogens is 447 g/mol. The zero-order valence-electron chi connectivity index (χ0n) is 19.2. The van der Waals surface area contributed by atoms with Crippen molar-refractivity contribution in [3.05, 3.63) is 70.9 Å². The van der Waals surface area contributed by atoms with E-state index in [9.17, 15) is 22.8 Å². The third-order valence-electron chi connectivity index (χ3n) is 5.40. The Morgan fingerprint density at radius 3 is 2.41 bits per heavy atom. The topological polar surface area (TPSA) is 71.5 Å². The van der Waals surface area contributed by atoms with E-state index < -0.39 is 23.6 Å². The lowest BCUT2D eigenvalue weighted by Gasteiger charge is -2.22. The molecule has 1 heterocycles. The van der Waals surface area contributed by atoms with Gasteiger partial charge in [0.25, 0.3) is 0 Å². The number of nitrogens with one attached hydrogen (secondary N) is 1. The molecule has 0 aliphatic heterocycles. The van der Waals surface area contributed by atoms with Gasteiger partial charge in [-0.2, -0.15) is 13.2 Å². The molecule has 1 amide bonds. The molecule has 1 N–H and O–H groups in total. The average Bonchev–Trinajstić information content (AvgIpc) is 2.78. The van der Waals surface area contributed by atoms with Crippen molar-refractivity contribution in [1.82, 2.24) is 9.88 Å². The van der Waals surface area contributed by atoms with Gasteiger partial charge in [-0.25, -0.2) is 4.79 Å². The van der Waals surface area contributed by atoms with Crippen molar-refractivity contribution in [1.29, 1.82) is 0 Å². The number of pyridine rings is 1. The van der Waals surface area contributed by atoms with Crippen molar-refractivity contribution in [3.8, 4) is 0 Å². The summed E-state index contributed by atoms with van der Waals surface area (Å²) in [4.78, 5) is 31.7. The number of hydrogen-bond donors (Lipinski definition) is 1. The van der Waals surface area contributed by atoms with Crippen LogP contribution in [0, 0.1) is 6.92 Å². The molecule has 180 valence electrons. The minimum absolute atomic E-state index is 0.144. The number of anilines is 1. The van der Waals surface area contributed by atoms with Gasteiger partial charge in [0.2, 0.25) is 5.91 Å². The van der Waals surface area contributed by atoms with Gasteiger partial charge in [-0.3, -0.25) is 14.7 Å². The lowest BCUT2D eigenvalue weighted by Crippen LogP contribution is -2.34. The first-order valence-electron chi connectivity index (χ1n) is 10.9. The molecule has 0 aliphatic rings. The van der Waals surface area contributed by atoms with Crippen LogP contribution in [0.5, 0.6) is 0 Å². The first-order chi connectivity index (χ1) is 16.2. The summed E-state index contributed by atoms with van der Waals surface area (Å²) in [6.45, 7) is 5.91. The van der Waals surface area contributed by atoms with Crippen molar-refractivity contribution < 1.29 is 27.5 Å². The number of fused-ring (bicyclic) bond motifs is 1. The Balaban J connectivity index is 1.87. The number of benzene rings is 2. The molecule has 0 fully saturated rings. The number of hydrogen-bond acceptors (Lipinski definition) is 5. The maximum Gasteiger partial charge on any atom is 0.418 e. The van der Waals surface area contributed by atoms with E-state index in [-0.39, 0.29) is 25.4 Å². The third kappa shape index (κ3) is 5.72. The van der Waals surface area contributed by atoms with Gasteiger partial charge >= 0.3 is 12.1 Å². The van der Waals surface area contributed by atoms with Crippen LogP contribution in [-0.4, -0.2) is 41.5 Å². The molecule has 1 aromatic heterocycles. The molecule has 0 saturated carbocycles. The third-order valence-corrected chi connectivity index (χ3v) is 5.40. The van der Waals surface area contributed by atoms with E-state index in [0.717, 1.165) is 17.0 Å². The van der Waals surface area contributed by atoms with E-state index in [4.69, 9.17) is 4.74 Å². The number of carbonyl (C=O) groups excluding carboxylic acids is 2. The number of aromatic nitrogens is 1. The van der Waals surface area contributed by atoms with Crippen LogP contribution < -0.4 is 5.32 Å². The second kappa shape index (κ2) is 10.6. The Kier molecular flexibility index (Phi) is 7.88. The van der Waals surface area contributed by atoms with E-state index in [1.54, 1.807) is 11.8 Å². The lowest BCUT2D eigenvalue weighted by atomic mass is 10.0. The van der Waals surface area contributed by atoms with E-state index in [2.05, 4.69) is 10.3 Å². The number of halogens is 3. The van der Waals surface area contributed by atoms with Gasteiger partial charge in [0.15, 0.2) is 0 Å². The number of carbonyl (C=O) groups is 2. The smallest absolute Gasteiger partial charge is 0.418 e. The number of amides is 1. The van der Waals surface area contributed by atoms with Crippen molar-refractivity contribution in [3.63, 3.8) is 0 Å². The Morgan fingerprint density at radius 2 is 1.74 bits per heavy atom. The molecule has 0 spiro atoms. The molecule has 34 heavy (non-hydrogen) atoms. The van der Waals surface area contributed by atoms with Crippen LogP contribution in [0.25, 0.3) is 10.9 Å². The van der Waals surface area contributed by atoms with Crippen LogP contribution >= 0.6 is 0 Å². The number of alkyl halides is 3. The number of esters is 1. The molecule has 9 heteroatoms. The molecular formula is C25H26F3N3O3. The van der Waals surface area contributed by atoms with Crippen molar-refractivity contribution in [2.24, 2.45) is 0 Å².